The van der Waals surface area contributed by atoms with E-state index in [9.17, 15) is 23.3 Å². The van der Waals surface area contributed by atoms with E-state index in [0.717, 1.165) is 0 Å². The van der Waals surface area contributed by atoms with E-state index in [4.69, 9.17) is 0 Å². The van der Waals surface area contributed by atoms with Gasteiger partial charge in [0, 0.05) is 45.5 Å². The number of hydrogen-bond donors (Lipinski definition) is 0. The van der Waals surface area contributed by atoms with Crippen molar-refractivity contribution in [2.45, 2.75) is 31.7 Å². The topological polar surface area (TPSA) is 106 Å². The van der Waals surface area contributed by atoms with Crippen LogP contribution in [0.3, 0.4) is 0 Å². The first-order chi connectivity index (χ1) is 13.5. The van der Waals surface area contributed by atoms with E-state index in [2.05, 4.69) is 0 Å². The van der Waals surface area contributed by atoms with Gasteiger partial charge in [-0.3, -0.25) is 14.9 Å². The SMILES string of the molecule is CCN(CC)S(=O)(=O)c1cc(C(=O)N(C)[C@@H](C)c2cccc([N+](=O)[O-])c2)n(C)c1. The largest absolute Gasteiger partial charge is 0.345 e. The van der Waals surface area contributed by atoms with Crippen LogP contribution in [0.15, 0.2) is 41.4 Å². The van der Waals surface area contributed by atoms with Crippen LogP contribution in [0.1, 0.15) is 42.9 Å². The van der Waals surface area contributed by atoms with Gasteiger partial charge in [0.05, 0.1) is 11.0 Å². The van der Waals surface area contributed by atoms with E-state index in [1.807, 2.05) is 0 Å². The summed E-state index contributed by atoms with van der Waals surface area (Å²) in [5.74, 6) is -0.382. The van der Waals surface area contributed by atoms with Crippen LogP contribution < -0.4 is 0 Å². The molecule has 1 atom stereocenters. The maximum absolute atomic E-state index is 13.0. The van der Waals surface area contributed by atoms with Gasteiger partial charge in [-0.25, -0.2) is 8.42 Å². The second-order valence-corrected chi connectivity index (χ2v) is 8.64. The van der Waals surface area contributed by atoms with Crippen molar-refractivity contribution in [3.63, 3.8) is 0 Å². The van der Waals surface area contributed by atoms with E-state index in [1.165, 1.54) is 38.2 Å². The highest BCUT2D eigenvalue weighted by Gasteiger charge is 2.28. The third kappa shape index (κ3) is 4.48. The average molecular weight is 423 g/mol. The molecule has 0 N–H and O–H groups in total. The zero-order chi connectivity index (χ0) is 21.9. The molecule has 0 saturated carbocycles. The molecule has 0 aliphatic carbocycles. The van der Waals surface area contributed by atoms with Gasteiger partial charge in [0.15, 0.2) is 0 Å². The lowest BCUT2D eigenvalue weighted by Gasteiger charge is -2.25. The van der Waals surface area contributed by atoms with Crippen LogP contribution in [-0.2, 0) is 17.1 Å². The zero-order valence-electron chi connectivity index (χ0n) is 17.2. The molecule has 0 aliphatic rings. The number of carbonyl (C=O) groups is 1. The number of rotatable bonds is 8. The number of sulfonamides is 1. The first-order valence-electron chi connectivity index (χ1n) is 9.22. The second-order valence-electron chi connectivity index (χ2n) is 6.71. The van der Waals surface area contributed by atoms with Gasteiger partial charge in [-0.2, -0.15) is 4.31 Å². The van der Waals surface area contributed by atoms with Gasteiger partial charge in [0.2, 0.25) is 10.0 Å². The Morgan fingerprint density at radius 3 is 2.41 bits per heavy atom. The van der Waals surface area contributed by atoms with Gasteiger partial charge in [-0.05, 0) is 18.6 Å². The molecule has 0 aliphatic heterocycles. The molecule has 1 aromatic carbocycles. The lowest BCUT2D eigenvalue weighted by molar-refractivity contribution is -0.384. The van der Waals surface area contributed by atoms with Crippen molar-refractivity contribution in [3.8, 4) is 0 Å². The van der Waals surface area contributed by atoms with Crippen LogP contribution >= 0.6 is 0 Å². The summed E-state index contributed by atoms with van der Waals surface area (Å²) in [6.07, 6.45) is 1.42. The van der Waals surface area contributed by atoms with Gasteiger partial charge >= 0.3 is 0 Å². The van der Waals surface area contributed by atoms with Crippen LogP contribution in [0.5, 0.6) is 0 Å². The van der Waals surface area contributed by atoms with Gasteiger partial charge in [-0.15, -0.1) is 0 Å². The Labute approximate surface area is 170 Å². The lowest BCUT2D eigenvalue weighted by Crippen LogP contribution is -2.31. The second kappa shape index (κ2) is 8.75. The van der Waals surface area contributed by atoms with Crippen molar-refractivity contribution < 1.29 is 18.1 Å². The molecule has 0 spiro atoms. The highest BCUT2D eigenvalue weighted by Crippen LogP contribution is 2.26. The summed E-state index contributed by atoms with van der Waals surface area (Å²) in [6, 6.07) is 7.02. The molecule has 0 fully saturated rings. The van der Waals surface area contributed by atoms with Crippen molar-refractivity contribution in [2.75, 3.05) is 20.1 Å². The number of aromatic nitrogens is 1. The number of nitro benzene ring substituents is 1. The molecule has 2 rings (SSSR count). The summed E-state index contributed by atoms with van der Waals surface area (Å²) < 4.78 is 28.3. The Morgan fingerprint density at radius 2 is 1.86 bits per heavy atom. The molecule has 0 radical (unpaired) electrons. The van der Waals surface area contributed by atoms with Crippen LogP contribution in [0.2, 0.25) is 0 Å². The predicted molar refractivity (Wildman–Crippen MR) is 109 cm³/mol. The molecule has 0 bridgehead atoms. The molecule has 9 nitrogen and oxygen atoms in total. The molecule has 2 aromatic rings. The minimum atomic E-state index is -3.68. The number of nitrogens with zero attached hydrogens (tertiary/aromatic N) is 4. The fourth-order valence-electron chi connectivity index (χ4n) is 3.08. The average Bonchev–Trinajstić information content (AvgIpc) is 3.09. The van der Waals surface area contributed by atoms with Crippen LogP contribution in [-0.4, -0.2) is 53.2 Å². The quantitative estimate of drug-likeness (QED) is 0.480. The maximum Gasteiger partial charge on any atom is 0.270 e. The minimum absolute atomic E-state index is 0.0540. The van der Waals surface area contributed by atoms with Gasteiger partial charge < -0.3 is 9.47 Å². The molecule has 158 valence electrons. The number of non-ortho nitro benzene ring substituents is 1. The standard InChI is InChI=1S/C19H26N4O5S/c1-6-22(7-2)29(27,28)17-12-18(20(4)13-17)19(24)21(5)14(3)15-9-8-10-16(11-15)23(25)26/h8-14H,6-7H2,1-5H3/t14-/m0/s1. The number of aryl methyl sites for hydroxylation is 1. The Morgan fingerprint density at radius 1 is 1.24 bits per heavy atom. The van der Waals surface area contributed by atoms with E-state index >= 15 is 0 Å². The first-order valence-corrected chi connectivity index (χ1v) is 10.7. The molecule has 1 amide bonds. The Bertz CT molecular complexity index is 1010. The van der Waals surface area contributed by atoms with Crippen LogP contribution in [0, 0.1) is 10.1 Å². The zero-order valence-corrected chi connectivity index (χ0v) is 18.0. The maximum atomic E-state index is 13.0. The summed E-state index contributed by atoms with van der Waals surface area (Å²) in [5, 5.41) is 11.0. The number of nitro groups is 1. The molecular formula is C19H26N4O5S. The lowest BCUT2D eigenvalue weighted by atomic mass is 10.1. The Balaban J connectivity index is 2.34. The number of benzene rings is 1. The van der Waals surface area contributed by atoms with Gasteiger partial charge in [-0.1, -0.05) is 26.0 Å². The molecule has 1 aromatic heterocycles. The smallest absolute Gasteiger partial charge is 0.270 e. The minimum Gasteiger partial charge on any atom is -0.345 e. The summed E-state index contributed by atoms with van der Waals surface area (Å²) in [5.41, 5.74) is 0.775. The van der Waals surface area contributed by atoms with Crippen molar-refractivity contribution >= 4 is 21.6 Å². The molecular weight excluding hydrogens is 396 g/mol. The molecule has 1 heterocycles. The molecule has 29 heavy (non-hydrogen) atoms. The molecule has 0 saturated heterocycles. The van der Waals surface area contributed by atoms with E-state index in [1.54, 1.807) is 47.0 Å². The fourth-order valence-corrected chi connectivity index (χ4v) is 4.61. The van der Waals surface area contributed by atoms with Gasteiger partial charge in [0.1, 0.15) is 10.6 Å². The monoisotopic (exact) mass is 422 g/mol. The Kier molecular flexibility index (Phi) is 6.81. The number of carbonyl (C=O) groups excluding carboxylic acids is 1. The third-order valence-corrected chi connectivity index (χ3v) is 7.02. The Hall–Kier alpha value is -2.72. The van der Waals surface area contributed by atoms with Crippen molar-refractivity contribution in [1.82, 2.24) is 13.8 Å². The first kappa shape index (κ1) is 22.6. The summed E-state index contributed by atoms with van der Waals surface area (Å²) in [7, 11) is -0.491. The van der Waals surface area contributed by atoms with Crippen molar-refractivity contribution in [2.24, 2.45) is 7.05 Å². The van der Waals surface area contributed by atoms with E-state index in [-0.39, 0.29) is 22.2 Å². The van der Waals surface area contributed by atoms with E-state index in [0.29, 0.717) is 18.7 Å². The highest BCUT2D eigenvalue weighted by molar-refractivity contribution is 7.89. The van der Waals surface area contributed by atoms with Crippen LogP contribution in [0.4, 0.5) is 5.69 Å². The fraction of sp³-hybridized carbons (Fsp3) is 0.421. The van der Waals surface area contributed by atoms with Crippen molar-refractivity contribution in [3.05, 3.63) is 57.9 Å². The number of hydrogen-bond acceptors (Lipinski definition) is 5. The van der Waals surface area contributed by atoms with Crippen LogP contribution in [0.25, 0.3) is 0 Å². The molecule has 0 unspecified atom stereocenters. The predicted octanol–water partition coefficient (Wildman–Crippen LogP) is 2.80. The normalized spacial score (nSPS) is 12.8. The van der Waals surface area contributed by atoms with Crippen molar-refractivity contribution in [1.29, 1.82) is 0 Å². The highest BCUT2D eigenvalue weighted by atomic mass is 32.2. The van der Waals surface area contributed by atoms with E-state index < -0.39 is 21.0 Å². The summed E-state index contributed by atoms with van der Waals surface area (Å²) >= 11 is 0. The summed E-state index contributed by atoms with van der Waals surface area (Å²) in [6.45, 7) is 5.93. The van der Waals surface area contributed by atoms with Gasteiger partial charge in [0.25, 0.3) is 11.6 Å². The molecule has 10 heteroatoms. The number of amides is 1. The third-order valence-electron chi connectivity index (χ3n) is 5.01. The summed E-state index contributed by atoms with van der Waals surface area (Å²) in [4.78, 5) is 25.0.